The molecule has 3 aliphatic rings. The summed E-state index contributed by atoms with van der Waals surface area (Å²) in [6, 6.07) is 22.3. The second kappa shape index (κ2) is 5.08. The highest BCUT2D eigenvalue weighted by Gasteiger charge is 2.77. The molecule has 1 heteroatoms. The van der Waals surface area contributed by atoms with Gasteiger partial charge in [0.2, 0.25) is 0 Å². The van der Waals surface area contributed by atoms with E-state index in [0.29, 0.717) is 29.8 Å². The van der Waals surface area contributed by atoms with E-state index in [2.05, 4.69) is 93.6 Å². The molecule has 0 spiro atoms. The van der Waals surface area contributed by atoms with E-state index >= 15 is 0 Å². The van der Waals surface area contributed by atoms with Gasteiger partial charge in [-0.2, -0.15) is 0 Å². The van der Waals surface area contributed by atoms with E-state index in [9.17, 15) is 0 Å². The van der Waals surface area contributed by atoms with Gasteiger partial charge in [0, 0.05) is 17.3 Å². The average Bonchev–Trinajstić information content (AvgIpc) is 3.07. The van der Waals surface area contributed by atoms with Crippen molar-refractivity contribution in [1.82, 2.24) is 0 Å². The van der Waals surface area contributed by atoms with Crippen molar-refractivity contribution in [1.29, 1.82) is 0 Å². The lowest BCUT2D eigenvalue weighted by Gasteiger charge is -2.34. The molecule has 5 atom stereocenters. The minimum atomic E-state index is -0.0773. The standard InChI is InChI=1S/C24H26O/c1-23(2,3)25-22-18-14-15-19(22)21-20(18)24(21,16-10-6-4-7-11-16)17-12-8-5-9-13-17/h4-15,18-22H,1-3H3/t18-,19+,20-,21+,22?. The van der Waals surface area contributed by atoms with Crippen molar-refractivity contribution in [2.45, 2.75) is 37.9 Å². The van der Waals surface area contributed by atoms with E-state index < -0.39 is 0 Å². The maximum Gasteiger partial charge on any atom is 0.0713 e. The molecule has 0 N–H and O–H groups in total. The van der Waals surface area contributed by atoms with E-state index in [-0.39, 0.29) is 11.0 Å². The van der Waals surface area contributed by atoms with Gasteiger partial charge in [0.15, 0.2) is 0 Å². The maximum absolute atomic E-state index is 6.49. The van der Waals surface area contributed by atoms with Gasteiger partial charge in [0.1, 0.15) is 0 Å². The lowest BCUT2D eigenvalue weighted by Crippen LogP contribution is -2.36. The lowest BCUT2D eigenvalue weighted by atomic mass is 9.77. The zero-order valence-corrected chi connectivity index (χ0v) is 15.2. The Bertz CT molecular complexity index is 737. The molecule has 128 valence electrons. The Morgan fingerprint density at radius 3 is 1.56 bits per heavy atom. The highest BCUT2D eigenvalue weighted by Crippen LogP contribution is 2.77. The summed E-state index contributed by atoms with van der Waals surface area (Å²) < 4.78 is 6.49. The number of rotatable bonds is 3. The fraction of sp³-hybridized carbons (Fsp3) is 0.417. The second-order valence-electron chi connectivity index (χ2n) is 8.89. The molecule has 5 rings (SSSR count). The van der Waals surface area contributed by atoms with Crippen LogP contribution in [0.25, 0.3) is 0 Å². The van der Waals surface area contributed by atoms with Crippen LogP contribution in [0, 0.1) is 23.7 Å². The number of hydrogen-bond donors (Lipinski definition) is 0. The third-order valence-corrected chi connectivity index (χ3v) is 6.47. The van der Waals surface area contributed by atoms with Crippen LogP contribution in [0.3, 0.4) is 0 Å². The predicted octanol–water partition coefficient (Wildman–Crippen LogP) is 5.22. The van der Waals surface area contributed by atoms with Gasteiger partial charge < -0.3 is 4.74 Å². The molecule has 1 unspecified atom stereocenters. The first-order valence-corrected chi connectivity index (χ1v) is 9.51. The van der Waals surface area contributed by atoms with Crippen molar-refractivity contribution in [3.63, 3.8) is 0 Å². The van der Waals surface area contributed by atoms with Crippen molar-refractivity contribution in [3.8, 4) is 0 Å². The van der Waals surface area contributed by atoms with E-state index in [0.717, 1.165) is 0 Å². The van der Waals surface area contributed by atoms with Gasteiger partial charge in [-0.05, 0) is 43.7 Å². The Labute approximate surface area is 150 Å². The molecule has 0 heterocycles. The summed E-state index contributed by atoms with van der Waals surface area (Å²) >= 11 is 0. The maximum atomic E-state index is 6.49. The van der Waals surface area contributed by atoms with Gasteiger partial charge in [-0.15, -0.1) is 0 Å². The first kappa shape index (κ1) is 15.4. The summed E-state index contributed by atoms with van der Waals surface area (Å²) in [5.74, 6) is 2.41. The monoisotopic (exact) mass is 330 g/mol. The van der Waals surface area contributed by atoms with Gasteiger partial charge >= 0.3 is 0 Å². The number of hydrogen-bond acceptors (Lipinski definition) is 1. The smallest absolute Gasteiger partial charge is 0.0713 e. The van der Waals surface area contributed by atoms with Crippen LogP contribution >= 0.6 is 0 Å². The van der Waals surface area contributed by atoms with Gasteiger partial charge in [-0.25, -0.2) is 0 Å². The second-order valence-corrected chi connectivity index (χ2v) is 8.89. The number of fused-ring (bicyclic) bond motifs is 5. The normalized spacial score (nSPS) is 34.1. The summed E-state index contributed by atoms with van der Waals surface area (Å²) in [5, 5.41) is 0. The predicted molar refractivity (Wildman–Crippen MR) is 101 cm³/mol. The molecule has 3 aliphatic carbocycles. The van der Waals surface area contributed by atoms with Crippen LogP contribution in [0.1, 0.15) is 31.9 Å². The molecule has 2 aromatic carbocycles. The molecule has 2 aromatic rings. The van der Waals surface area contributed by atoms with Crippen molar-refractivity contribution < 1.29 is 4.74 Å². The minimum absolute atomic E-state index is 0.0773. The van der Waals surface area contributed by atoms with Crippen LogP contribution in [-0.2, 0) is 10.2 Å². The van der Waals surface area contributed by atoms with Crippen molar-refractivity contribution in [2.75, 3.05) is 0 Å². The van der Waals surface area contributed by atoms with Crippen molar-refractivity contribution >= 4 is 0 Å². The quantitative estimate of drug-likeness (QED) is 0.701. The number of benzene rings is 2. The van der Waals surface area contributed by atoms with Crippen LogP contribution in [-0.4, -0.2) is 11.7 Å². The van der Waals surface area contributed by atoms with Gasteiger partial charge in [0.25, 0.3) is 0 Å². The van der Waals surface area contributed by atoms with Crippen LogP contribution in [0.15, 0.2) is 72.8 Å². The van der Waals surface area contributed by atoms with E-state index in [1.54, 1.807) is 0 Å². The van der Waals surface area contributed by atoms with Crippen LogP contribution < -0.4 is 0 Å². The zero-order valence-electron chi connectivity index (χ0n) is 15.2. The molecule has 2 fully saturated rings. The van der Waals surface area contributed by atoms with Crippen LogP contribution in [0.4, 0.5) is 0 Å². The van der Waals surface area contributed by atoms with Crippen LogP contribution in [0.2, 0.25) is 0 Å². The van der Waals surface area contributed by atoms with E-state index in [1.807, 2.05) is 0 Å². The first-order chi connectivity index (χ1) is 12.0. The molecule has 25 heavy (non-hydrogen) atoms. The highest BCUT2D eigenvalue weighted by atomic mass is 16.5. The molecule has 2 bridgehead atoms. The topological polar surface area (TPSA) is 9.23 Å². The molecule has 0 aromatic heterocycles. The number of ether oxygens (including phenoxy) is 1. The Morgan fingerprint density at radius 2 is 1.16 bits per heavy atom. The molecule has 0 saturated heterocycles. The molecule has 1 nitrogen and oxygen atoms in total. The Balaban J connectivity index is 1.58. The molecule has 0 amide bonds. The SMILES string of the molecule is CC(C)(C)OC1[C@H]2C=C[C@@H]1[C@@H]1[C@H]2C1(c1ccccc1)c1ccccc1. The minimum Gasteiger partial charge on any atom is -0.371 e. The van der Waals surface area contributed by atoms with Gasteiger partial charge in [0.05, 0.1) is 11.7 Å². The lowest BCUT2D eigenvalue weighted by molar-refractivity contribution is -0.0848. The highest BCUT2D eigenvalue weighted by molar-refractivity contribution is 5.54. The fourth-order valence-corrected chi connectivity index (χ4v) is 5.84. The largest absolute Gasteiger partial charge is 0.371 e. The van der Waals surface area contributed by atoms with E-state index in [1.165, 1.54) is 11.1 Å². The molecule has 0 radical (unpaired) electrons. The molecular formula is C24H26O. The van der Waals surface area contributed by atoms with E-state index in [4.69, 9.17) is 4.74 Å². The Morgan fingerprint density at radius 1 is 0.720 bits per heavy atom. The van der Waals surface area contributed by atoms with Gasteiger partial charge in [-0.1, -0.05) is 72.8 Å². The summed E-state index contributed by atoms with van der Waals surface area (Å²) in [7, 11) is 0. The third-order valence-electron chi connectivity index (χ3n) is 6.47. The van der Waals surface area contributed by atoms with Crippen molar-refractivity contribution in [3.05, 3.63) is 83.9 Å². The summed E-state index contributed by atoms with van der Waals surface area (Å²) in [6.07, 6.45) is 5.24. The fourth-order valence-electron chi connectivity index (χ4n) is 5.84. The van der Waals surface area contributed by atoms with Crippen LogP contribution in [0.5, 0.6) is 0 Å². The first-order valence-electron chi connectivity index (χ1n) is 9.51. The van der Waals surface area contributed by atoms with Crippen molar-refractivity contribution in [2.24, 2.45) is 23.7 Å². The average molecular weight is 330 g/mol. The summed E-state index contributed by atoms with van der Waals surface area (Å²) in [4.78, 5) is 0. The molecule has 2 saturated carbocycles. The molecular weight excluding hydrogens is 304 g/mol. The zero-order chi connectivity index (χ0) is 17.2. The Hall–Kier alpha value is -1.86. The Kier molecular flexibility index (Phi) is 3.13. The summed E-state index contributed by atoms with van der Waals surface area (Å²) in [5.41, 5.74) is 3.04. The summed E-state index contributed by atoms with van der Waals surface area (Å²) in [6.45, 7) is 6.54. The molecule has 0 aliphatic heterocycles. The third kappa shape index (κ3) is 2.05. The van der Waals surface area contributed by atoms with Gasteiger partial charge in [-0.3, -0.25) is 0 Å².